The highest BCUT2D eigenvalue weighted by molar-refractivity contribution is 14.0. The van der Waals surface area contributed by atoms with E-state index in [2.05, 4.69) is 20.6 Å². The number of rotatable bonds is 6. The van der Waals surface area contributed by atoms with Gasteiger partial charge in [-0.3, -0.25) is 9.79 Å². The third kappa shape index (κ3) is 6.31. The van der Waals surface area contributed by atoms with Crippen molar-refractivity contribution in [3.8, 4) is 16.3 Å². The Labute approximate surface area is 198 Å². The molecule has 7 nitrogen and oxygen atoms in total. The Morgan fingerprint density at radius 2 is 2.13 bits per heavy atom. The van der Waals surface area contributed by atoms with Crippen LogP contribution in [0.2, 0.25) is 0 Å². The van der Waals surface area contributed by atoms with Crippen molar-refractivity contribution in [1.29, 1.82) is 0 Å². The van der Waals surface area contributed by atoms with Gasteiger partial charge in [0.1, 0.15) is 10.8 Å². The van der Waals surface area contributed by atoms with Gasteiger partial charge in [-0.05, 0) is 44.0 Å². The van der Waals surface area contributed by atoms with Crippen LogP contribution in [0.3, 0.4) is 0 Å². The number of benzene rings is 1. The molecule has 1 aromatic carbocycles. The molecule has 0 unspecified atom stereocenters. The van der Waals surface area contributed by atoms with Gasteiger partial charge in [-0.15, -0.1) is 35.3 Å². The second-order valence-corrected chi connectivity index (χ2v) is 7.67. The largest absolute Gasteiger partial charge is 0.497 e. The number of aromatic nitrogens is 1. The van der Waals surface area contributed by atoms with E-state index in [-0.39, 0.29) is 35.9 Å². The Morgan fingerprint density at radius 1 is 1.37 bits per heavy atom. The molecule has 1 N–H and O–H groups in total. The van der Waals surface area contributed by atoms with Gasteiger partial charge < -0.3 is 19.7 Å². The average Bonchev–Trinajstić information content (AvgIpc) is 3.24. The Hall–Kier alpha value is -1.88. The quantitative estimate of drug-likeness (QED) is 0.258. The summed E-state index contributed by atoms with van der Waals surface area (Å²) in [5, 5.41) is 6.40. The summed E-state index contributed by atoms with van der Waals surface area (Å²) in [4.78, 5) is 23.3. The molecule has 1 saturated heterocycles. The summed E-state index contributed by atoms with van der Waals surface area (Å²) in [5.41, 5.74) is 2.03. The number of guanidine groups is 1. The van der Waals surface area contributed by atoms with Gasteiger partial charge in [-0.25, -0.2) is 4.98 Å². The summed E-state index contributed by atoms with van der Waals surface area (Å²) in [5.74, 6) is 1.41. The van der Waals surface area contributed by atoms with Crippen LogP contribution in [-0.4, -0.2) is 55.7 Å². The molecule has 3 rings (SSSR count). The number of thiazole rings is 1. The summed E-state index contributed by atoms with van der Waals surface area (Å²) in [7, 11) is 3.42. The first kappa shape index (κ1) is 24.4. The molecule has 30 heavy (non-hydrogen) atoms. The predicted octanol–water partition coefficient (Wildman–Crippen LogP) is 3.79. The SMILES string of the molecule is CCOC(=O)[C@H]1CCCN(C(=NC)NCc2csc(-c3ccc(OC)cc3)n2)C1.I. The lowest BCUT2D eigenvalue weighted by Gasteiger charge is -2.33. The van der Waals surface area contributed by atoms with E-state index in [0.717, 1.165) is 47.4 Å². The summed E-state index contributed by atoms with van der Waals surface area (Å²) in [6, 6.07) is 7.90. The molecule has 1 aliphatic rings. The molecule has 0 radical (unpaired) electrons. The molecule has 1 atom stereocenters. The third-order valence-electron chi connectivity index (χ3n) is 4.87. The van der Waals surface area contributed by atoms with E-state index in [1.54, 1.807) is 25.5 Å². The van der Waals surface area contributed by atoms with Gasteiger partial charge in [-0.1, -0.05) is 0 Å². The van der Waals surface area contributed by atoms with E-state index in [9.17, 15) is 4.79 Å². The molecular weight excluding hydrogens is 515 g/mol. The number of nitrogens with one attached hydrogen (secondary N) is 1. The van der Waals surface area contributed by atoms with Crippen molar-refractivity contribution < 1.29 is 14.3 Å². The zero-order chi connectivity index (χ0) is 20.6. The number of halogens is 1. The number of aliphatic imine (C=N–C) groups is 1. The van der Waals surface area contributed by atoms with Gasteiger partial charge in [0.15, 0.2) is 5.96 Å². The van der Waals surface area contributed by atoms with Crippen LogP contribution >= 0.6 is 35.3 Å². The first-order chi connectivity index (χ1) is 14.1. The van der Waals surface area contributed by atoms with Gasteiger partial charge in [0.05, 0.1) is 31.9 Å². The Morgan fingerprint density at radius 3 is 2.80 bits per heavy atom. The van der Waals surface area contributed by atoms with E-state index in [4.69, 9.17) is 14.5 Å². The Kier molecular flexibility index (Phi) is 9.83. The lowest BCUT2D eigenvalue weighted by molar-refractivity contribution is -0.149. The smallest absolute Gasteiger partial charge is 0.310 e. The Bertz CT molecular complexity index is 841. The molecule has 2 aromatic rings. The number of methoxy groups -OCH3 is 1. The average molecular weight is 544 g/mol. The van der Waals surface area contributed by atoms with Gasteiger partial charge in [0, 0.05) is 31.1 Å². The molecule has 164 valence electrons. The fourth-order valence-electron chi connectivity index (χ4n) is 3.38. The molecule has 0 saturated carbocycles. The van der Waals surface area contributed by atoms with E-state index < -0.39 is 0 Å². The van der Waals surface area contributed by atoms with Crippen LogP contribution in [0.5, 0.6) is 5.75 Å². The van der Waals surface area contributed by atoms with E-state index in [0.29, 0.717) is 19.7 Å². The number of carbonyl (C=O) groups excluding carboxylic acids is 1. The lowest BCUT2D eigenvalue weighted by atomic mass is 9.98. The summed E-state index contributed by atoms with van der Waals surface area (Å²) in [6.07, 6.45) is 1.81. The van der Waals surface area contributed by atoms with Crippen LogP contribution in [0.4, 0.5) is 0 Å². The highest BCUT2D eigenvalue weighted by atomic mass is 127. The summed E-state index contributed by atoms with van der Waals surface area (Å²) < 4.78 is 10.4. The van der Waals surface area contributed by atoms with Crippen LogP contribution in [0.1, 0.15) is 25.5 Å². The van der Waals surface area contributed by atoms with Crippen LogP contribution in [0, 0.1) is 5.92 Å². The third-order valence-corrected chi connectivity index (χ3v) is 5.81. The number of carbonyl (C=O) groups is 1. The molecule has 1 aromatic heterocycles. The van der Waals surface area contributed by atoms with E-state index >= 15 is 0 Å². The molecule has 0 aliphatic carbocycles. The van der Waals surface area contributed by atoms with Gasteiger partial charge in [0.25, 0.3) is 0 Å². The van der Waals surface area contributed by atoms with E-state index in [1.807, 2.05) is 31.2 Å². The fourth-order valence-corrected chi connectivity index (χ4v) is 4.20. The molecule has 9 heteroatoms. The number of hydrogen-bond acceptors (Lipinski definition) is 6. The maximum absolute atomic E-state index is 12.1. The van der Waals surface area contributed by atoms with Gasteiger partial charge in [0.2, 0.25) is 0 Å². The normalized spacial score (nSPS) is 16.6. The van der Waals surface area contributed by atoms with Crippen molar-refractivity contribution in [2.24, 2.45) is 10.9 Å². The molecule has 0 amide bonds. The van der Waals surface area contributed by atoms with Crippen molar-refractivity contribution in [3.05, 3.63) is 35.3 Å². The maximum atomic E-state index is 12.1. The van der Waals surface area contributed by atoms with Crippen molar-refractivity contribution in [3.63, 3.8) is 0 Å². The van der Waals surface area contributed by atoms with Crippen LogP contribution in [0.25, 0.3) is 10.6 Å². The van der Waals surface area contributed by atoms with Crippen LogP contribution in [-0.2, 0) is 16.1 Å². The number of esters is 1. The molecule has 2 heterocycles. The highest BCUT2D eigenvalue weighted by Gasteiger charge is 2.28. The second-order valence-electron chi connectivity index (χ2n) is 6.81. The zero-order valence-electron chi connectivity index (χ0n) is 17.6. The predicted molar refractivity (Wildman–Crippen MR) is 131 cm³/mol. The maximum Gasteiger partial charge on any atom is 0.310 e. The number of piperidine rings is 1. The van der Waals surface area contributed by atoms with Crippen molar-refractivity contribution in [1.82, 2.24) is 15.2 Å². The van der Waals surface area contributed by atoms with Crippen LogP contribution < -0.4 is 10.1 Å². The second kappa shape index (κ2) is 12.1. The lowest BCUT2D eigenvalue weighted by Crippen LogP contribution is -2.48. The van der Waals surface area contributed by atoms with Crippen molar-refractivity contribution in [2.45, 2.75) is 26.3 Å². The van der Waals surface area contributed by atoms with Crippen LogP contribution in [0.15, 0.2) is 34.6 Å². The van der Waals surface area contributed by atoms with Gasteiger partial charge in [-0.2, -0.15) is 0 Å². The molecule has 1 fully saturated rings. The summed E-state index contributed by atoms with van der Waals surface area (Å²) in [6.45, 7) is 4.35. The zero-order valence-corrected chi connectivity index (χ0v) is 20.7. The van der Waals surface area contributed by atoms with Crippen molar-refractivity contribution in [2.75, 3.05) is 33.9 Å². The minimum Gasteiger partial charge on any atom is -0.497 e. The standard InChI is InChI=1S/C21H28N4O3S.HI/c1-4-28-20(26)16-6-5-11-25(13-16)21(22-2)23-12-17-14-29-19(24-17)15-7-9-18(27-3)10-8-15;/h7-10,14,16H,4-6,11-13H2,1-3H3,(H,22,23);1H/t16-;/m0./s1. The van der Waals surface area contributed by atoms with Crippen molar-refractivity contribution >= 4 is 47.2 Å². The fraction of sp³-hybridized carbons (Fsp3) is 0.476. The highest BCUT2D eigenvalue weighted by Crippen LogP contribution is 2.25. The number of hydrogen-bond donors (Lipinski definition) is 1. The molecule has 0 spiro atoms. The monoisotopic (exact) mass is 544 g/mol. The number of ether oxygens (including phenoxy) is 2. The minimum absolute atomic E-state index is 0. The number of likely N-dealkylation sites (tertiary alicyclic amines) is 1. The topological polar surface area (TPSA) is 76.0 Å². The molecular formula is C21H29IN4O3S. The number of nitrogens with zero attached hydrogens (tertiary/aromatic N) is 3. The molecule has 0 bridgehead atoms. The minimum atomic E-state index is -0.115. The Balaban J connectivity index is 0.00000320. The van der Waals surface area contributed by atoms with E-state index in [1.165, 1.54) is 0 Å². The first-order valence-electron chi connectivity index (χ1n) is 9.85. The summed E-state index contributed by atoms with van der Waals surface area (Å²) >= 11 is 1.61. The first-order valence-corrected chi connectivity index (χ1v) is 10.7. The molecule has 1 aliphatic heterocycles. The van der Waals surface area contributed by atoms with Gasteiger partial charge >= 0.3 is 5.97 Å².